The average molecular weight is 116 g/mol. The van der Waals surface area contributed by atoms with Gasteiger partial charge in [0.15, 0.2) is 0 Å². The lowest BCUT2D eigenvalue weighted by Gasteiger charge is -2.00. The number of allylic oxidation sites excluding steroid dienone is 5. The van der Waals surface area contributed by atoms with Crippen LogP contribution in [-0.4, -0.2) is 5.71 Å². The number of aliphatic imine (C=N–C) groups is 1. The fraction of sp³-hybridized carbons (Fsp3) is 0.125. The van der Waals surface area contributed by atoms with Crippen LogP contribution in [0.25, 0.3) is 0 Å². The third kappa shape index (κ3) is 0.653. The zero-order chi connectivity index (χ0) is 6.10. The molecular weight excluding hydrogens is 110 g/mol. The van der Waals surface area contributed by atoms with Crippen LogP contribution < -0.4 is 0 Å². The summed E-state index contributed by atoms with van der Waals surface area (Å²) in [7, 11) is 0. The predicted molar refractivity (Wildman–Crippen MR) is 37.1 cm³/mol. The van der Waals surface area contributed by atoms with Crippen molar-refractivity contribution in [1.82, 2.24) is 0 Å². The van der Waals surface area contributed by atoms with Crippen LogP contribution in [0.4, 0.5) is 0 Å². The Balaban J connectivity index is 2.46. The summed E-state index contributed by atoms with van der Waals surface area (Å²) in [5.74, 6) is 0. The van der Waals surface area contributed by atoms with Crippen LogP contribution in [0, 0.1) is 6.08 Å². The number of nitrogens with zero attached hydrogens (tertiary/aromatic N) is 1. The zero-order valence-corrected chi connectivity index (χ0v) is 4.96. The number of fused-ring (bicyclic) bond motifs is 1. The van der Waals surface area contributed by atoms with Crippen molar-refractivity contribution >= 4 is 5.71 Å². The van der Waals surface area contributed by atoms with Crippen LogP contribution in [0.2, 0.25) is 0 Å². The summed E-state index contributed by atoms with van der Waals surface area (Å²) in [4.78, 5) is 4.12. The number of hydrogen-bond donors (Lipinski definition) is 0. The second kappa shape index (κ2) is 1.69. The molecule has 0 aromatic rings. The molecule has 0 unspecified atom stereocenters. The summed E-state index contributed by atoms with van der Waals surface area (Å²) in [5, 5.41) is 0. The van der Waals surface area contributed by atoms with E-state index in [1.165, 1.54) is 0 Å². The summed E-state index contributed by atoms with van der Waals surface area (Å²) >= 11 is 0. The molecule has 1 aliphatic carbocycles. The Kier molecular flexibility index (Phi) is 0.890. The first-order valence-corrected chi connectivity index (χ1v) is 2.99. The van der Waals surface area contributed by atoms with E-state index in [0.717, 1.165) is 17.7 Å². The van der Waals surface area contributed by atoms with E-state index in [0.29, 0.717) is 0 Å². The van der Waals surface area contributed by atoms with Crippen LogP contribution >= 0.6 is 0 Å². The van der Waals surface area contributed by atoms with Crippen molar-refractivity contribution in [1.29, 1.82) is 0 Å². The molecule has 1 heterocycles. The van der Waals surface area contributed by atoms with Crippen molar-refractivity contribution < 1.29 is 0 Å². The maximum Gasteiger partial charge on any atom is 0.0520 e. The van der Waals surface area contributed by atoms with Gasteiger partial charge < -0.3 is 0 Å². The first-order chi connectivity index (χ1) is 4.47. The van der Waals surface area contributed by atoms with Gasteiger partial charge in [-0.15, -0.1) is 0 Å². The summed E-state index contributed by atoms with van der Waals surface area (Å²) in [6.45, 7) is 0. The Labute approximate surface area is 54.1 Å². The molecule has 2 rings (SSSR count). The number of hydrogen-bond acceptors (Lipinski definition) is 1. The van der Waals surface area contributed by atoms with Gasteiger partial charge >= 0.3 is 0 Å². The molecule has 0 aromatic heterocycles. The highest BCUT2D eigenvalue weighted by Crippen LogP contribution is 2.14. The Morgan fingerprint density at radius 1 is 1.56 bits per heavy atom. The molecule has 0 atom stereocenters. The molecule has 43 valence electrons. The molecule has 2 aliphatic rings. The molecule has 0 saturated heterocycles. The summed E-state index contributed by atoms with van der Waals surface area (Å²) in [6.07, 6.45) is 11.9. The van der Waals surface area contributed by atoms with Gasteiger partial charge in [-0.3, -0.25) is 4.99 Å². The predicted octanol–water partition coefficient (Wildman–Crippen LogP) is 1.64. The van der Waals surface area contributed by atoms with E-state index in [-0.39, 0.29) is 0 Å². The van der Waals surface area contributed by atoms with Gasteiger partial charge in [-0.05, 0) is 0 Å². The maximum atomic E-state index is 4.12. The first kappa shape index (κ1) is 4.74. The lowest BCUT2D eigenvalue weighted by molar-refractivity contribution is 1.41. The van der Waals surface area contributed by atoms with Crippen LogP contribution in [0.3, 0.4) is 0 Å². The fourth-order valence-electron chi connectivity index (χ4n) is 0.983. The van der Waals surface area contributed by atoms with Gasteiger partial charge in [0, 0.05) is 24.3 Å². The Bertz CT molecular complexity index is 241. The third-order valence-corrected chi connectivity index (χ3v) is 1.46. The monoisotopic (exact) mass is 116 g/mol. The highest BCUT2D eigenvalue weighted by molar-refractivity contribution is 6.05. The van der Waals surface area contributed by atoms with Gasteiger partial charge in [-0.2, -0.15) is 0 Å². The molecule has 1 radical (unpaired) electrons. The lowest BCUT2D eigenvalue weighted by Crippen LogP contribution is -1.97. The first-order valence-electron chi connectivity index (χ1n) is 2.99. The fourth-order valence-corrected chi connectivity index (χ4v) is 0.983. The van der Waals surface area contributed by atoms with Gasteiger partial charge in [0.05, 0.1) is 5.71 Å². The SMILES string of the molecule is [C]1=CN=C2CC=CC=C12. The van der Waals surface area contributed by atoms with Crippen molar-refractivity contribution in [2.75, 3.05) is 0 Å². The molecule has 0 bridgehead atoms. The molecule has 0 saturated carbocycles. The van der Waals surface area contributed by atoms with Crippen LogP contribution in [-0.2, 0) is 0 Å². The molecule has 0 N–H and O–H groups in total. The summed E-state index contributed by atoms with van der Waals surface area (Å²) in [5.41, 5.74) is 2.30. The second-order valence-corrected chi connectivity index (χ2v) is 2.06. The Morgan fingerprint density at radius 3 is 3.44 bits per heavy atom. The molecule has 1 aliphatic heterocycles. The van der Waals surface area contributed by atoms with Crippen LogP contribution in [0.5, 0.6) is 0 Å². The van der Waals surface area contributed by atoms with E-state index >= 15 is 0 Å². The highest BCUT2D eigenvalue weighted by Gasteiger charge is 2.08. The number of rotatable bonds is 0. The van der Waals surface area contributed by atoms with Crippen molar-refractivity contribution in [2.45, 2.75) is 6.42 Å². The molecule has 1 heteroatoms. The van der Waals surface area contributed by atoms with E-state index in [1.807, 2.05) is 12.2 Å². The average Bonchev–Trinajstić information content (AvgIpc) is 2.33. The standard InChI is InChI=1S/C8H6N/c1-2-4-8-7(3-1)5-6-9-8/h1-3,6H,4H2. The van der Waals surface area contributed by atoms with Crippen LogP contribution in [0.1, 0.15) is 6.42 Å². The molecule has 0 spiro atoms. The van der Waals surface area contributed by atoms with Crippen molar-refractivity contribution in [2.24, 2.45) is 4.99 Å². The molecule has 1 nitrogen and oxygen atoms in total. The largest absolute Gasteiger partial charge is 0.260 e. The lowest BCUT2D eigenvalue weighted by atomic mass is 10.0. The highest BCUT2D eigenvalue weighted by atomic mass is 14.7. The summed E-state index contributed by atoms with van der Waals surface area (Å²) in [6, 6.07) is 0. The minimum atomic E-state index is 0.968. The quantitative estimate of drug-likeness (QED) is 0.456. The maximum absolute atomic E-state index is 4.12. The van der Waals surface area contributed by atoms with Gasteiger partial charge in [0.25, 0.3) is 0 Å². The smallest absolute Gasteiger partial charge is 0.0520 e. The minimum Gasteiger partial charge on any atom is -0.260 e. The van der Waals surface area contributed by atoms with Crippen molar-refractivity contribution in [3.8, 4) is 0 Å². The van der Waals surface area contributed by atoms with E-state index in [1.54, 1.807) is 6.20 Å². The van der Waals surface area contributed by atoms with Crippen LogP contribution in [0.15, 0.2) is 35.0 Å². The van der Waals surface area contributed by atoms with E-state index in [9.17, 15) is 0 Å². The molecular formula is C8H6N. The van der Waals surface area contributed by atoms with Crippen molar-refractivity contribution in [3.05, 3.63) is 36.1 Å². The molecule has 0 fully saturated rings. The van der Waals surface area contributed by atoms with E-state index < -0.39 is 0 Å². The normalized spacial score (nSPS) is 21.3. The zero-order valence-electron chi connectivity index (χ0n) is 4.96. The molecule has 0 aromatic carbocycles. The second-order valence-electron chi connectivity index (χ2n) is 2.06. The van der Waals surface area contributed by atoms with Gasteiger partial charge in [0.1, 0.15) is 0 Å². The van der Waals surface area contributed by atoms with Gasteiger partial charge in [-0.25, -0.2) is 0 Å². The molecule has 9 heavy (non-hydrogen) atoms. The minimum absolute atomic E-state index is 0.968. The Morgan fingerprint density at radius 2 is 2.56 bits per heavy atom. The van der Waals surface area contributed by atoms with Crippen molar-refractivity contribution in [3.63, 3.8) is 0 Å². The summed E-state index contributed by atoms with van der Waals surface area (Å²) < 4.78 is 0. The van der Waals surface area contributed by atoms with Gasteiger partial charge in [-0.1, -0.05) is 18.2 Å². The van der Waals surface area contributed by atoms with Gasteiger partial charge in [0.2, 0.25) is 0 Å². The third-order valence-electron chi connectivity index (χ3n) is 1.46. The van der Waals surface area contributed by atoms with E-state index in [2.05, 4.69) is 17.1 Å². The topological polar surface area (TPSA) is 12.4 Å². The molecule has 0 amide bonds. The van der Waals surface area contributed by atoms with E-state index in [4.69, 9.17) is 0 Å². The Hall–Kier alpha value is -1.11.